The van der Waals surface area contributed by atoms with Crippen LogP contribution >= 0.6 is 0 Å². The van der Waals surface area contributed by atoms with Gasteiger partial charge in [-0.3, -0.25) is 5.10 Å². The number of nitrogens with two attached hydrogens (primary N) is 1. The Morgan fingerprint density at radius 2 is 2.35 bits per heavy atom. The van der Waals surface area contributed by atoms with Crippen molar-refractivity contribution in [2.45, 2.75) is 38.4 Å². The van der Waals surface area contributed by atoms with Crippen LogP contribution in [0.2, 0.25) is 0 Å². The maximum atomic E-state index is 5.92. The minimum absolute atomic E-state index is 0.0193. The summed E-state index contributed by atoms with van der Waals surface area (Å²) in [5, 5.41) is 7.16. The molecule has 122 valence electrons. The number of aliphatic imine (C=N–C) groups is 2. The average molecular weight is 314 g/mol. The zero-order chi connectivity index (χ0) is 15.8. The normalized spacial score (nSPS) is 31.1. The zero-order valence-electron chi connectivity index (χ0n) is 13.3. The van der Waals surface area contributed by atoms with Crippen molar-refractivity contribution in [3.05, 3.63) is 24.2 Å². The molecule has 0 amide bonds. The molecule has 0 saturated carbocycles. The number of aromatic nitrogens is 2. The van der Waals surface area contributed by atoms with Gasteiger partial charge in [0.1, 0.15) is 6.17 Å². The molecule has 1 aromatic heterocycles. The second-order valence-electron chi connectivity index (χ2n) is 6.41. The summed E-state index contributed by atoms with van der Waals surface area (Å²) < 4.78 is 5.69. The van der Waals surface area contributed by atoms with E-state index in [0.717, 1.165) is 43.9 Å². The number of nitrogens with zero attached hydrogens (tertiary/aromatic N) is 4. The molecule has 3 N–H and O–H groups in total. The molecule has 7 nitrogen and oxygen atoms in total. The van der Waals surface area contributed by atoms with Gasteiger partial charge in [-0.15, -0.1) is 0 Å². The van der Waals surface area contributed by atoms with E-state index in [9.17, 15) is 0 Å². The van der Waals surface area contributed by atoms with E-state index in [1.165, 1.54) is 5.57 Å². The van der Waals surface area contributed by atoms with Gasteiger partial charge in [-0.25, -0.2) is 9.98 Å². The summed E-state index contributed by atoms with van der Waals surface area (Å²) in [5.74, 6) is 0.622. The van der Waals surface area contributed by atoms with Gasteiger partial charge < -0.3 is 15.4 Å². The summed E-state index contributed by atoms with van der Waals surface area (Å²) in [7, 11) is 0. The fourth-order valence-corrected chi connectivity index (χ4v) is 3.70. The highest BCUT2D eigenvalue weighted by molar-refractivity contribution is 5.99. The molecule has 1 saturated heterocycles. The monoisotopic (exact) mass is 314 g/mol. The number of rotatable bonds is 2. The molecular weight excluding hydrogens is 292 g/mol. The van der Waals surface area contributed by atoms with Crippen LogP contribution in [0.5, 0.6) is 0 Å². The lowest BCUT2D eigenvalue weighted by molar-refractivity contribution is 0.0153. The molecule has 2 unspecified atom stereocenters. The summed E-state index contributed by atoms with van der Waals surface area (Å²) in [4.78, 5) is 11.4. The molecule has 0 spiro atoms. The first-order chi connectivity index (χ1) is 11.2. The number of H-pyrrole nitrogens is 1. The summed E-state index contributed by atoms with van der Waals surface area (Å²) in [6.07, 6.45) is 7.10. The molecule has 7 heteroatoms. The number of hydrogen-bond donors (Lipinski definition) is 2. The highest BCUT2D eigenvalue weighted by Gasteiger charge is 2.39. The predicted octanol–water partition coefficient (Wildman–Crippen LogP) is 1.37. The molecule has 3 aliphatic heterocycles. The molecule has 1 aromatic rings. The van der Waals surface area contributed by atoms with E-state index in [1.807, 2.05) is 13.0 Å². The third kappa shape index (κ3) is 2.65. The van der Waals surface area contributed by atoms with Crippen LogP contribution in [0, 0.1) is 5.92 Å². The van der Waals surface area contributed by atoms with Gasteiger partial charge >= 0.3 is 0 Å². The van der Waals surface area contributed by atoms with E-state index >= 15 is 0 Å². The van der Waals surface area contributed by atoms with Crippen LogP contribution in [0.4, 0.5) is 0 Å². The van der Waals surface area contributed by atoms with Crippen molar-refractivity contribution in [3.63, 3.8) is 0 Å². The highest BCUT2D eigenvalue weighted by Crippen LogP contribution is 2.37. The third-order valence-corrected chi connectivity index (χ3v) is 4.91. The van der Waals surface area contributed by atoms with Crippen molar-refractivity contribution < 1.29 is 4.74 Å². The number of guanidine groups is 1. The first-order valence-electron chi connectivity index (χ1n) is 8.16. The minimum Gasteiger partial charge on any atom is -0.379 e. The van der Waals surface area contributed by atoms with E-state index in [2.05, 4.69) is 31.3 Å². The third-order valence-electron chi connectivity index (χ3n) is 4.91. The molecule has 0 aromatic carbocycles. The Balaban J connectivity index is 1.72. The Hall–Kier alpha value is -2.15. The van der Waals surface area contributed by atoms with Crippen LogP contribution in [0.25, 0.3) is 5.57 Å². The Morgan fingerprint density at radius 1 is 1.43 bits per heavy atom. The largest absolute Gasteiger partial charge is 0.379 e. The van der Waals surface area contributed by atoms with Gasteiger partial charge in [-0.1, -0.05) is 0 Å². The maximum Gasteiger partial charge on any atom is 0.217 e. The molecule has 0 bridgehead atoms. The van der Waals surface area contributed by atoms with Crippen LogP contribution in [0.15, 0.2) is 28.4 Å². The molecule has 3 atom stereocenters. The van der Waals surface area contributed by atoms with Gasteiger partial charge in [0.2, 0.25) is 5.96 Å². The number of aromatic amines is 1. The lowest BCUT2D eigenvalue weighted by Crippen LogP contribution is -2.51. The molecule has 23 heavy (non-hydrogen) atoms. The fraction of sp³-hybridized carbons (Fsp3) is 0.562. The van der Waals surface area contributed by atoms with Gasteiger partial charge in [0, 0.05) is 30.6 Å². The molecular formula is C16H22N6O. The van der Waals surface area contributed by atoms with Crippen LogP contribution in [0.1, 0.15) is 31.9 Å². The minimum atomic E-state index is 0.0193. The van der Waals surface area contributed by atoms with Crippen LogP contribution in [-0.4, -0.2) is 52.2 Å². The molecule has 3 aliphatic rings. The van der Waals surface area contributed by atoms with E-state index < -0.39 is 0 Å². The topological polar surface area (TPSA) is 91.9 Å². The van der Waals surface area contributed by atoms with Gasteiger partial charge in [0.15, 0.2) is 0 Å². The maximum absolute atomic E-state index is 5.92. The summed E-state index contributed by atoms with van der Waals surface area (Å²) in [6, 6.07) is 2.34. The first-order valence-corrected chi connectivity index (χ1v) is 8.16. The Labute approximate surface area is 135 Å². The van der Waals surface area contributed by atoms with Crippen molar-refractivity contribution in [2.75, 3.05) is 13.2 Å². The van der Waals surface area contributed by atoms with Gasteiger partial charge in [-0.05, 0) is 37.8 Å². The van der Waals surface area contributed by atoms with Gasteiger partial charge in [0.25, 0.3) is 0 Å². The number of nitrogens with one attached hydrogen (secondary N) is 1. The number of hydrogen-bond acceptors (Lipinski definition) is 6. The predicted molar refractivity (Wildman–Crippen MR) is 88.9 cm³/mol. The van der Waals surface area contributed by atoms with Crippen molar-refractivity contribution in [3.8, 4) is 0 Å². The number of fused-ring (bicyclic) bond motifs is 1. The lowest BCUT2D eigenvalue weighted by Gasteiger charge is -2.45. The molecule has 0 aliphatic carbocycles. The molecule has 4 rings (SSSR count). The molecule has 4 heterocycles. The lowest BCUT2D eigenvalue weighted by atomic mass is 9.86. The van der Waals surface area contributed by atoms with Crippen LogP contribution in [0.3, 0.4) is 0 Å². The van der Waals surface area contributed by atoms with Gasteiger partial charge in [0.05, 0.1) is 18.3 Å². The van der Waals surface area contributed by atoms with E-state index in [4.69, 9.17) is 10.5 Å². The summed E-state index contributed by atoms with van der Waals surface area (Å²) in [5.41, 5.74) is 9.26. The zero-order valence-corrected chi connectivity index (χ0v) is 13.3. The summed E-state index contributed by atoms with van der Waals surface area (Å²) >= 11 is 0. The summed E-state index contributed by atoms with van der Waals surface area (Å²) in [6.45, 7) is 3.63. The number of allylic oxidation sites excluding steroid dienone is 1. The molecule has 0 radical (unpaired) electrons. The molecule has 1 fully saturated rings. The van der Waals surface area contributed by atoms with Gasteiger partial charge in [-0.2, -0.15) is 5.10 Å². The Bertz CT molecular complexity index is 656. The van der Waals surface area contributed by atoms with Crippen molar-refractivity contribution in [2.24, 2.45) is 21.6 Å². The Morgan fingerprint density at radius 3 is 3.09 bits per heavy atom. The Kier molecular flexibility index (Phi) is 3.65. The quantitative estimate of drug-likeness (QED) is 0.862. The van der Waals surface area contributed by atoms with Crippen molar-refractivity contribution >= 4 is 17.2 Å². The average Bonchev–Trinajstić information content (AvgIpc) is 3.09. The smallest absolute Gasteiger partial charge is 0.217 e. The van der Waals surface area contributed by atoms with Crippen LogP contribution in [-0.2, 0) is 4.74 Å². The second-order valence-corrected chi connectivity index (χ2v) is 6.41. The number of ether oxygens (including phenoxy) is 1. The second kappa shape index (κ2) is 5.81. The van der Waals surface area contributed by atoms with Crippen LogP contribution < -0.4 is 5.73 Å². The van der Waals surface area contributed by atoms with E-state index in [-0.39, 0.29) is 12.1 Å². The van der Waals surface area contributed by atoms with Crippen molar-refractivity contribution in [1.29, 1.82) is 0 Å². The SMILES string of the molecule is CC1=NC(N)=NC2C1CC(c1ccn[nH]1)=CN2[C@@H]1CCCOC1. The van der Waals surface area contributed by atoms with E-state index in [1.54, 1.807) is 6.20 Å². The highest BCUT2D eigenvalue weighted by atomic mass is 16.5. The standard InChI is InChI=1S/C16H22N6O/c1-10-13-7-11(14-4-5-18-21-14)8-22(12-3-2-6-23-9-12)15(13)20-16(17)19-10/h4-5,8,12-13,15H,2-3,6-7,9H2,1H3,(H2,17,20)(H,18,21)/t12-,13?,15?/m1/s1. The fourth-order valence-electron chi connectivity index (χ4n) is 3.70. The van der Waals surface area contributed by atoms with E-state index in [0.29, 0.717) is 12.0 Å². The van der Waals surface area contributed by atoms with Crippen molar-refractivity contribution in [1.82, 2.24) is 15.1 Å². The first kappa shape index (κ1) is 14.4.